The highest BCUT2D eigenvalue weighted by molar-refractivity contribution is 7.92. The first-order valence-corrected chi connectivity index (χ1v) is 15.2. The smallest absolute Gasteiger partial charge is 0.264 e. The summed E-state index contributed by atoms with van der Waals surface area (Å²) in [6, 6.07) is 19.1. The number of halogens is 1. The first kappa shape index (κ1) is 32.0. The van der Waals surface area contributed by atoms with Crippen LogP contribution in [0.15, 0.2) is 77.7 Å². The molecule has 1 N–H and O–H groups in total. The fraction of sp³-hybridized carbons (Fsp3) is 0.355. The zero-order chi connectivity index (χ0) is 30.4. The Labute approximate surface area is 248 Å². The molecular weight excluding hydrogens is 562 g/mol. The lowest BCUT2D eigenvalue weighted by molar-refractivity contribution is -0.141. The lowest BCUT2D eigenvalue weighted by atomic mass is 10.1. The number of benzene rings is 3. The molecule has 0 saturated carbocycles. The third-order valence-corrected chi connectivity index (χ3v) is 8.57. The van der Waals surface area contributed by atoms with Crippen molar-refractivity contribution in [1.82, 2.24) is 10.2 Å². The third kappa shape index (κ3) is 8.24. The van der Waals surface area contributed by atoms with Crippen LogP contribution in [-0.4, -0.2) is 50.4 Å². The van der Waals surface area contributed by atoms with E-state index in [-0.39, 0.29) is 23.0 Å². The van der Waals surface area contributed by atoms with Crippen LogP contribution < -0.4 is 14.4 Å². The zero-order valence-corrected chi connectivity index (χ0v) is 25.9. The normalized spacial score (nSPS) is 12.4. The van der Waals surface area contributed by atoms with E-state index in [0.29, 0.717) is 22.8 Å². The number of hydrogen-bond donors (Lipinski definition) is 1. The second-order valence-corrected chi connectivity index (χ2v) is 13.1. The van der Waals surface area contributed by atoms with Crippen molar-refractivity contribution in [2.45, 2.75) is 64.1 Å². The number of anilines is 1. The van der Waals surface area contributed by atoms with E-state index in [0.717, 1.165) is 9.87 Å². The van der Waals surface area contributed by atoms with Gasteiger partial charge in [-0.05, 0) is 70.0 Å². The lowest BCUT2D eigenvalue weighted by Gasteiger charge is -2.35. The van der Waals surface area contributed by atoms with E-state index in [1.807, 2.05) is 34.6 Å². The molecule has 3 aromatic rings. The minimum Gasteiger partial charge on any atom is -0.497 e. The Bertz CT molecular complexity index is 1470. The van der Waals surface area contributed by atoms with Crippen molar-refractivity contribution in [3.05, 3.63) is 88.9 Å². The minimum atomic E-state index is -4.18. The van der Waals surface area contributed by atoms with Gasteiger partial charge in [-0.1, -0.05) is 60.5 Å². The van der Waals surface area contributed by atoms with Crippen LogP contribution in [0.3, 0.4) is 0 Å². The van der Waals surface area contributed by atoms with Gasteiger partial charge in [-0.3, -0.25) is 13.9 Å². The van der Waals surface area contributed by atoms with Crippen molar-refractivity contribution in [1.29, 1.82) is 0 Å². The molecule has 0 aliphatic rings. The summed E-state index contributed by atoms with van der Waals surface area (Å²) >= 11 is 6.45. The Kier molecular flexibility index (Phi) is 10.4. The molecular formula is C31H38ClN3O5S. The maximum Gasteiger partial charge on any atom is 0.264 e. The number of sulfonamides is 1. The summed E-state index contributed by atoms with van der Waals surface area (Å²) in [4.78, 5) is 29.0. The second kappa shape index (κ2) is 13.4. The zero-order valence-electron chi connectivity index (χ0n) is 24.3. The quantitative estimate of drug-likeness (QED) is 0.311. The van der Waals surface area contributed by atoms with Crippen molar-refractivity contribution in [2.24, 2.45) is 0 Å². The highest BCUT2D eigenvalue weighted by Crippen LogP contribution is 2.28. The molecule has 2 amide bonds. The molecule has 1 atom stereocenters. The number of nitrogens with zero attached hydrogens (tertiary/aromatic N) is 2. The highest BCUT2D eigenvalue weighted by atomic mass is 35.5. The fourth-order valence-electron chi connectivity index (χ4n) is 4.31. The van der Waals surface area contributed by atoms with E-state index in [9.17, 15) is 18.0 Å². The van der Waals surface area contributed by atoms with Crippen LogP contribution in [-0.2, 0) is 26.2 Å². The van der Waals surface area contributed by atoms with Gasteiger partial charge in [0.05, 0.1) is 17.7 Å². The van der Waals surface area contributed by atoms with Crippen LogP contribution >= 0.6 is 11.6 Å². The van der Waals surface area contributed by atoms with Crippen molar-refractivity contribution >= 4 is 39.1 Å². The van der Waals surface area contributed by atoms with E-state index in [2.05, 4.69) is 5.32 Å². The van der Waals surface area contributed by atoms with E-state index in [4.69, 9.17) is 16.3 Å². The van der Waals surface area contributed by atoms with Gasteiger partial charge in [-0.25, -0.2) is 8.42 Å². The molecule has 0 fully saturated rings. The first-order valence-electron chi connectivity index (χ1n) is 13.3. The molecule has 3 rings (SSSR count). The molecule has 0 aliphatic carbocycles. The molecule has 0 aromatic heterocycles. The topological polar surface area (TPSA) is 96.0 Å². The van der Waals surface area contributed by atoms with Crippen LogP contribution in [0.5, 0.6) is 5.75 Å². The molecule has 220 valence electrons. The summed E-state index contributed by atoms with van der Waals surface area (Å²) in [7, 11) is -2.70. The van der Waals surface area contributed by atoms with Gasteiger partial charge in [-0.2, -0.15) is 0 Å². The van der Waals surface area contributed by atoms with Crippen LogP contribution in [0.4, 0.5) is 5.69 Å². The van der Waals surface area contributed by atoms with Crippen molar-refractivity contribution in [2.75, 3.05) is 18.0 Å². The predicted molar refractivity (Wildman–Crippen MR) is 163 cm³/mol. The van der Waals surface area contributed by atoms with Crippen LogP contribution in [0.1, 0.15) is 45.2 Å². The van der Waals surface area contributed by atoms with Gasteiger partial charge >= 0.3 is 0 Å². The van der Waals surface area contributed by atoms with Crippen LogP contribution in [0.2, 0.25) is 5.02 Å². The molecule has 0 radical (unpaired) electrons. The molecule has 1 unspecified atom stereocenters. The van der Waals surface area contributed by atoms with Gasteiger partial charge in [0.2, 0.25) is 11.8 Å². The Morgan fingerprint density at radius 3 is 2.24 bits per heavy atom. The number of amides is 2. The van der Waals surface area contributed by atoms with Crippen molar-refractivity contribution < 1.29 is 22.7 Å². The third-order valence-electron chi connectivity index (χ3n) is 6.41. The summed E-state index contributed by atoms with van der Waals surface area (Å²) in [5.41, 5.74) is 1.25. The van der Waals surface area contributed by atoms with Crippen molar-refractivity contribution in [3.8, 4) is 5.75 Å². The van der Waals surface area contributed by atoms with Crippen molar-refractivity contribution in [3.63, 3.8) is 0 Å². The molecule has 8 nitrogen and oxygen atoms in total. The summed E-state index contributed by atoms with van der Waals surface area (Å²) in [5, 5.41) is 3.39. The number of nitrogens with one attached hydrogen (secondary N) is 1. The molecule has 0 heterocycles. The monoisotopic (exact) mass is 599 g/mol. The predicted octanol–water partition coefficient (Wildman–Crippen LogP) is 5.57. The largest absolute Gasteiger partial charge is 0.497 e. The Morgan fingerprint density at radius 2 is 1.66 bits per heavy atom. The number of carbonyl (C=O) groups excluding carboxylic acids is 2. The van der Waals surface area contributed by atoms with Gasteiger partial charge in [0.25, 0.3) is 10.0 Å². The molecule has 0 bridgehead atoms. The molecule has 0 saturated heterocycles. The maximum atomic E-state index is 14.2. The number of carbonyl (C=O) groups is 2. The number of hydrogen-bond acceptors (Lipinski definition) is 5. The Morgan fingerprint density at radius 1 is 1.00 bits per heavy atom. The average Bonchev–Trinajstić information content (AvgIpc) is 2.91. The van der Waals surface area contributed by atoms with Crippen LogP contribution in [0, 0.1) is 6.92 Å². The number of aryl methyl sites for hydroxylation is 1. The molecule has 10 heteroatoms. The average molecular weight is 600 g/mol. The van der Waals surface area contributed by atoms with E-state index < -0.39 is 34.1 Å². The summed E-state index contributed by atoms with van der Waals surface area (Å²) in [6.45, 7) is 8.71. The summed E-state index contributed by atoms with van der Waals surface area (Å²) in [6.07, 6.45) is 0.308. The SMILES string of the molecule is CCC(C(=O)NC(C)(C)C)N(Cc1ccccc1Cl)C(=O)CN(c1cccc(OC)c1)S(=O)(=O)c1ccc(C)cc1. The second-order valence-electron chi connectivity index (χ2n) is 10.8. The molecule has 3 aromatic carbocycles. The van der Waals surface area contributed by atoms with Crippen LogP contribution in [0.25, 0.3) is 0 Å². The van der Waals surface area contributed by atoms with Gasteiger partial charge < -0.3 is 15.0 Å². The maximum absolute atomic E-state index is 14.2. The standard InChI is InChI=1S/C31H38ClN3O5S/c1-7-28(30(37)33-31(3,4)5)34(20-23-11-8-9-14-27(23)32)29(36)21-35(24-12-10-13-25(19-24)40-6)41(38,39)26-17-15-22(2)16-18-26/h8-19,28H,7,20-21H2,1-6H3,(H,33,37). The molecule has 0 aliphatic heterocycles. The minimum absolute atomic E-state index is 0.0190. The summed E-state index contributed by atoms with van der Waals surface area (Å²) in [5.74, 6) is -0.461. The fourth-order valence-corrected chi connectivity index (χ4v) is 5.92. The Hall–Kier alpha value is -3.56. The lowest BCUT2D eigenvalue weighted by Crippen LogP contribution is -2.55. The Balaban J connectivity index is 2.10. The van der Waals surface area contributed by atoms with E-state index in [1.54, 1.807) is 60.7 Å². The number of rotatable bonds is 11. The van der Waals surface area contributed by atoms with Gasteiger partial charge in [0.1, 0.15) is 18.3 Å². The molecule has 41 heavy (non-hydrogen) atoms. The first-order chi connectivity index (χ1) is 19.3. The summed E-state index contributed by atoms with van der Waals surface area (Å²) < 4.78 is 34.4. The van der Waals surface area contributed by atoms with E-state index in [1.165, 1.54) is 24.1 Å². The van der Waals surface area contributed by atoms with Gasteiger partial charge in [-0.15, -0.1) is 0 Å². The highest BCUT2D eigenvalue weighted by Gasteiger charge is 2.35. The van der Waals surface area contributed by atoms with Gasteiger partial charge in [0.15, 0.2) is 0 Å². The van der Waals surface area contributed by atoms with E-state index >= 15 is 0 Å². The molecule has 0 spiro atoms. The number of methoxy groups -OCH3 is 1. The number of ether oxygens (including phenoxy) is 1. The van der Waals surface area contributed by atoms with Gasteiger partial charge in [0, 0.05) is 23.2 Å².